The van der Waals surface area contributed by atoms with Crippen molar-refractivity contribution in [2.24, 2.45) is 5.73 Å². The van der Waals surface area contributed by atoms with Crippen molar-refractivity contribution < 1.29 is 0 Å². The number of nitrogens with zero attached hydrogens (tertiary/aromatic N) is 3. The van der Waals surface area contributed by atoms with Gasteiger partial charge in [0.25, 0.3) is 0 Å². The van der Waals surface area contributed by atoms with E-state index in [1.54, 1.807) is 11.3 Å². The van der Waals surface area contributed by atoms with Crippen LogP contribution in [0.15, 0.2) is 5.38 Å². The second-order valence-corrected chi connectivity index (χ2v) is 5.37. The van der Waals surface area contributed by atoms with Gasteiger partial charge in [-0.1, -0.05) is 0 Å². The lowest BCUT2D eigenvalue weighted by Crippen LogP contribution is -2.45. The van der Waals surface area contributed by atoms with Gasteiger partial charge in [0.05, 0.1) is 5.69 Å². The Morgan fingerprint density at radius 2 is 2.44 bits per heavy atom. The molecule has 1 fully saturated rings. The Morgan fingerprint density at radius 1 is 1.62 bits per heavy atom. The first kappa shape index (κ1) is 11.8. The molecule has 0 amide bonds. The van der Waals surface area contributed by atoms with Crippen LogP contribution in [0.1, 0.15) is 18.5 Å². The Bertz CT molecular complexity index is 336. The average Bonchev–Trinajstić information content (AvgIpc) is 2.77. The number of nitrogens with two attached hydrogens (primary N) is 1. The van der Waals surface area contributed by atoms with Gasteiger partial charge in [0.2, 0.25) is 0 Å². The van der Waals surface area contributed by atoms with Gasteiger partial charge in [0, 0.05) is 31.1 Å². The summed E-state index contributed by atoms with van der Waals surface area (Å²) in [7, 11) is 4.31. The maximum Gasteiger partial charge on any atom is 0.185 e. The first-order valence-electron chi connectivity index (χ1n) is 5.76. The molecular weight excluding hydrogens is 220 g/mol. The van der Waals surface area contributed by atoms with E-state index in [0.29, 0.717) is 12.6 Å². The molecule has 1 atom stereocenters. The summed E-state index contributed by atoms with van der Waals surface area (Å²) >= 11 is 1.71. The van der Waals surface area contributed by atoms with Crippen molar-refractivity contribution in [1.82, 2.24) is 9.88 Å². The van der Waals surface area contributed by atoms with Crippen LogP contribution in [0.5, 0.6) is 0 Å². The van der Waals surface area contributed by atoms with Gasteiger partial charge in [-0.3, -0.25) is 0 Å². The summed E-state index contributed by atoms with van der Waals surface area (Å²) in [6.07, 6.45) is 2.54. The van der Waals surface area contributed by atoms with Crippen molar-refractivity contribution in [2.75, 3.05) is 32.1 Å². The zero-order valence-corrected chi connectivity index (χ0v) is 10.8. The maximum absolute atomic E-state index is 5.59. The molecule has 1 aromatic heterocycles. The normalized spacial score (nSPS) is 21.8. The van der Waals surface area contributed by atoms with E-state index in [4.69, 9.17) is 5.73 Å². The molecule has 2 heterocycles. The van der Waals surface area contributed by atoms with E-state index in [0.717, 1.165) is 23.9 Å². The van der Waals surface area contributed by atoms with E-state index in [1.165, 1.54) is 12.8 Å². The van der Waals surface area contributed by atoms with Gasteiger partial charge in [-0.2, -0.15) is 0 Å². The SMILES string of the molecule is CN(C)C1CCCN(c2nc(CN)cs2)C1. The molecule has 1 aromatic rings. The van der Waals surface area contributed by atoms with Crippen molar-refractivity contribution in [3.63, 3.8) is 0 Å². The second kappa shape index (κ2) is 5.12. The molecule has 4 nitrogen and oxygen atoms in total. The molecule has 0 radical (unpaired) electrons. The number of hydrogen-bond acceptors (Lipinski definition) is 5. The molecule has 1 aliphatic rings. The summed E-state index contributed by atoms with van der Waals surface area (Å²) in [5, 5.41) is 3.20. The maximum atomic E-state index is 5.59. The van der Waals surface area contributed by atoms with E-state index >= 15 is 0 Å². The summed E-state index contributed by atoms with van der Waals surface area (Å²) in [6, 6.07) is 0.652. The molecule has 1 aliphatic heterocycles. The van der Waals surface area contributed by atoms with Crippen molar-refractivity contribution in [1.29, 1.82) is 0 Å². The van der Waals surface area contributed by atoms with Crippen molar-refractivity contribution >= 4 is 16.5 Å². The fourth-order valence-corrected chi connectivity index (χ4v) is 2.96. The third-order valence-electron chi connectivity index (χ3n) is 3.15. The second-order valence-electron chi connectivity index (χ2n) is 4.53. The zero-order valence-electron chi connectivity index (χ0n) is 10.0. The Hall–Kier alpha value is -0.650. The van der Waals surface area contributed by atoms with Gasteiger partial charge >= 0.3 is 0 Å². The number of likely N-dealkylation sites (N-methyl/N-ethyl adjacent to an activating group) is 1. The van der Waals surface area contributed by atoms with Crippen LogP contribution < -0.4 is 10.6 Å². The van der Waals surface area contributed by atoms with Crippen molar-refractivity contribution in [3.8, 4) is 0 Å². The molecule has 0 aromatic carbocycles. The lowest BCUT2D eigenvalue weighted by molar-refractivity contribution is 0.258. The minimum absolute atomic E-state index is 0.543. The van der Waals surface area contributed by atoms with Gasteiger partial charge < -0.3 is 15.5 Å². The topological polar surface area (TPSA) is 45.4 Å². The van der Waals surface area contributed by atoms with Crippen LogP contribution in [-0.2, 0) is 6.54 Å². The molecule has 0 spiro atoms. The van der Waals surface area contributed by atoms with Crippen LogP contribution in [0.3, 0.4) is 0 Å². The molecule has 2 N–H and O–H groups in total. The van der Waals surface area contributed by atoms with E-state index < -0.39 is 0 Å². The van der Waals surface area contributed by atoms with E-state index in [2.05, 4.69) is 34.3 Å². The lowest BCUT2D eigenvalue weighted by atomic mass is 10.1. The van der Waals surface area contributed by atoms with Crippen molar-refractivity contribution in [2.45, 2.75) is 25.4 Å². The van der Waals surface area contributed by atoms with Gasteiger partial charge in [-0.25, -0.2) is 4.98 Å². The fourth-order valence-electron chi connectivity index (χ4n) is 2.09. The monoisotopic (exact) mass is 240 g/mol. The molecule has 1 unspecified atom stereocenters. The van der Waals surface area contributed by atoms with E-state index in [9.17, 15) is 0 Å². The first-order valence-corrected chi connectivity index (χ1v) is 6.64. The van der Waals surface area contributed by atoms with Crippen LogP contribution in [0.25, 0.3) is 0 Å². The number of anilines is 1. The predicted octanol–water partition coefficient (Wildman–Crippen LogP) is 1.13. The molecule has 0 bridgehead atoms. The molecule has 0 aliphatic carbocycles. The molecule has 0 saturated carbocycles. The molecule has 1 saturated heterocycles. The van der Waals surface area contributed by atoms with Gasteiger partial charge in [0.15, 0.2) is 5.13 Å². The van der Waals surface area contributed by atoms with Gasteiger partial charge in [0.1, 0.15) is 0 Å². The Labute approximate surface area is 101 Å². The number of thiazole rings is 1. The number of piperidine rings is 1. The number of rotatable bonds is 3. The van der Waals surface area contributed by atoms with E-state index in [1.807, 2.05) is 0 Å². The number of hydrogen-bond donors (Lipinski definition) is 1. The lowest BCUT2D eigenvalue weighted by Gasteiger charge is -2.35. The standard InChI is InChI=1S/C11H20N4S/c1-14(2)10-4-3-5-15(7-10)11-13-9(6-12)8-16-11/h8,10H,3-7,12H2,1-2H3. The Morgan fingerprint density at radius 3 is 3.06 bits per heavy atom. The summed E-state index contributed by atoms with van der Waals surface area (Å²) < 4.78 is 0. The highest BCUT2D eigenvalue weighted by atomic mass is 32.1. The fraction of sp³-hybridized carbons (Fsp3) is 0.727. The van der Waals surface area contributed by atoms with Crippen LogP contribution in [0, 0.1) is 0 Å². The van der Waals surface area contributed by atoms with Gasteiger partial charge in [-0.15, -0.1) is 11.3 Å². The summed E-state index contributed by atoms with van der Waals surface area (Å²) in [6.45, 7) is 2.76. The summed E-state index contributed by atoms with van der Waals surface area (Å²) in [4.78, 5) is 9.24. The highest BCUT2D eigenvalue weighted by Crippen LogP contribution is 2.25. The first-order chi connectivity index (χ1) is 7.70. The molecule has 90 valence electrons. The highest BCUT2D eigenvalue weighted by Gasteiger charge is 2.23. The van der Waals surface area contributed by atoms with Crippen LogP contribution in [0.2, 0.25) is 0 Å². The van der Waals surface area contributed by atoms with Crippen LogP contribution >= 0.6 is 11.3 Å². The molecule has 16 heavy (non-hydrogen) atoms. The molecule has 5 heteroatoms. The molecule has 2 rings (SSSR count). The van der Waals surface area contributed by atoms with Crippen molar-refractivity contribution in [3.05, 3.63) is 11.1 Å². The zero-order chi connectivity index (χ0) is 11.5. The minimum Gasteiger partial charge on any atom is -0.347 e. The quantitative estimate of drug-likeness (QED) is 0.860. The Kier molecular flexibility index (Phi) is 3.78. The predicted molar refractivity (Wildman–Crippen MR) is 68.9 cm³/mol. The average molecular weight is 240 g/mol. The third kappa shape index (κ3) is 2.53. The smallest absolute Gasteiger partial charge is 0.185 e. The summed E-state index contributed by atoms with van der Waals surface area (Å²) in [5.41, 5.74) is 6.59. The van der Waals surface area contributed by atoms with E-state index in [-0.39, 0.29) is 0 Å². The van der Waals surface area contributed by atoms with Crippen LogP contribution in [0.4, 0.5) is 5.13 Å². The third-order valence-corrected chi connectivity index (χ3v) is 4.10. The summed E-state index contributed by atoms with van der Waals surface area (Å²) in [5.74, 6) is 0. The highest BCUT2D eigenvalue weighted by molar-refractivity contribution is 7.13. The molecular formula is C11H20N4S. The van der Waals surface area contributed by atoms with Crippen LogP contribution in [-0.4, -0.2) is 43.1 Å². The van der Waals surface area contributed by atoms with Gasteiger partial charge in [-0.05, 0) is 26.9 Å². The Balaban J connectivity index is 2.03. The largest absolute Gasteiger partial charge is 0.347 e. The number of aromatic nitrogens is 1. The minimum atomic E-state index is 0.543.